The molecule has 0 heterocycles. The summed E-state index contributed by atoms with van der Waals surface area (Å²) < 4.78 is 5.20. The number of carbonyl (C=O) groups excluding carboxylic acids is 2. The van der Waals surface area contributed by atoms with Crippen LogP contribution < -0.4 is 10.1 Å². The minimum absolute atomic E-state index is 0.0658. The van der Waals surface area contributed by atoms with E-state index >= 15 is 0 Å². The number of benzene rings is 3. The van der Waals surface area contributed by atoms with E-state index in [0.29, 0.717) is 22.0 Å². The van der Waals surface area contributed by atoms with Gasteiger partial charge in [-0.2, -0.15) is 0 Å². The zero-order chi connectivity index (χ0) is 18.5. The van der Waals surface area contributed by atoms with E-state index < -0.39 is 0 Å². The van der Waals surface area contributed by atoms with Crippen LogP contribution in [0.25, 0.3) is 10.8 Å². The van der Waals surface area contributed by atoms with Crippen molar-refractivity contribution < 1.29 is 14.3 Å². The van der Waals surface area contributed by atoms with Crippen LogP contribution in [0.5, 0.6) is 5.75 Å². The lowest BCUT2D eigenvalue weighted by Gasteiger charge is -2.10. The van der Waals surface area contributed by atoms with E-state index in [1.54, 1.807) is 24.3 Å². The minimum atomic E-state index is -0.264. The molecule has 0 aliphatic carbocycles. The largest absolute Gasteiger partial charge is 0.495 e. The van der Waals surface area contributed by atoms with Gasteiger partial charge in [-0.3, -0.25) is 9.59 Å². The second-order valence-electron chi connectivity index (χ2n) is 5.88. The molecule has 26 heavy (non-hydrogen) atoms. The molecule has 0 saturated heterocycles. The molecule has 3 aromatic carbocycles. The third kappa shape index (κ3) is 4.21. The number of halogens is 1. The highest BCUT2D eigenvalue weighted by Crippen LogP contribution is 2.28. The van der Waals surface area contributed by atoms with Crippen molar-refractivity contribution in [2.75, 3.05) is 12.4 Å². The van der Waals surface area contributed by atoms with Crippen molar-refractivity contribution in [1.29, 1.82) is 0 Å². The SMILES string of the molecule is COc1ccc(Cl)cc1NC(=O)CCC(=O)c1ccc2ccccc2c1. The van der Waals surface area contributed by atoms with Gasteiger partial charge < -0.3 is 10.1 Å². The number of ether oxygens (including phenoxy) is 1. The molecule has 4 nitrogen and oxygen atoms in total. The Balaban J connectivity index is 1.63. The Morgan fingerprint density at radius 3 is 2.50 bits per heavy atom. The van der Waals surface area contributed by atoms with Gasteiger partial charge in [0.1, 0.15) is 5.75 Å². The molecule has 3 aromatic rings. The molecule has 0 spiro atoms. The fraction of sp³-hybridized carbons (Fsp3) is 0.143. The summed E-state index contributed by atoms with van der Waals surface area (Å²) in [5, 5.41) is 5.32. The number of carbonyl (C=O) groups is 2. The number of ketones is 1. The summed E-state index contributed by atoms with van der Waals surface area (Å²) in [5.74, 6) is 0.187. The number of hydrogen-bond donors (Lipinski definition) is 1. The summed E-state index contributed by atoms with van der Waals surface area (Å²) in [5.41, 5.74) is 1.10. The molecule has 0 aliphatic heterocycles. The number of nitrogens with one attached hydrogen (secondary N) is 1. The van der Waals surface area contributed by atoms with Crippen molar-refractivity contribution in [2.45, 2.75) is 12.8 Å². The average Bonchev–Trinajstić information content (AvgIpc) is 2.66. The molecular formula is C21H18ClNO3. The molecule has 0 fully saturated rings. The Kier molecular flexibility index (Phi) is 5.54. The smallest absolute Gasteiger partial charge is 0.224 e. The third-order valence-electron chi connectivity index (χ3n) is 4.09. The summed E-state index contributed by atoms with van der Waals surface area (Å²) in [6.45, 7) is 0. The molecular weight excluding hydrogens is 350 g/mol. The molecule has 0 aliphatic rings. The molecule has 1 amide bonds. The van der Waals surface area contributed by atoms with Crippen LogP contribution in [0.15, 0.2) is 60.7 Å². The molecule has 5 heteroatoms. The predicted octanol–water partition coefficient (Wildman–Crippen LogP) is 5.10. The molecule has 0 radical (unpaired) electrons. The average molecular weight is 368 g/mol. The maximum atomic E-state index is 12.4. The second kappa shape index (κ2) is 8.02. The number of methoxy groups -OCH3 is 1. The fourth-order valence-corrected chi connectivity index (χ4v) is 2.90. The summed E-state index contributed by atoms with van der Waals surface area (Å²) in [6.07, 6.45) is 0.217. The van der Waals surface area contributed by atoms with Crippen molar-refractivity contribution >= 4 is 39.8 Å². The molecule has 0 saturated carbocycles. The van der Waals surface area contributed by atoms with Gasteiger partial charge in [0.05, 0.1) is 12.8 Å². The number of anilines is 1. The van der Waals surface area contributed by atoms with Crippen molar-refractivity contribution in [3.8, 4) is 5.75 Å². The van der Waals surface area contributed by atoms with Gasteiger partial charge in [0.25, 0.3) is 0 Å². The van der Waals surface area contributed by atoms with Crippen molar-refractivity contribution in [3.05, 3.63) is 71.2 Å². The quantitative estimate of drug-likeness (QED) is 0.616. The number of amides is 1. The molecule has 1 N–H and O–H groups in total. The van der Waals surface area contributed by atoms with Gasteiger partial charge in [-0.25, -0.2) is 0 Å². The first-order chi connectivity index (χ1) is 12.6. The van der Waals surface area contributed by atoms with Gasteiger partial charge in [-0.15, -0.1) is 0 Å². The van der Waals surface area contributed by atoms with E-state index in [0.717, 1.165) is 10.8 Å². The van der Waals surface area contributed by atoms with Gasteiger partial charge >= 0.3 is 0 Å². The van der Waals surface area contributed by atoms with E-state index in [9.17, 15) is 9.59 Å². The highest BCUT2D eigenvalue weighted by Gasteiger charge is 2.12. The van der Waals surface area contributed by atoms with E-state index in [2.05, 4.69) is 5.32 Å². The monoisotopic (exact) mass is 367 g/mol. The third-order valence-corrected chi connectivity index (χ3v) is 4.32. The normalized spacial score (nSPS) is 10.5. The minimum Gasteiger partial charge on any atom is -0.495 e. The number of rotatable bonds is 6. The zero-order valence-corrected chi connectivity index (χ0v) is 15.0. The van der Waals surface area contributed by atoms with Crippen molar-refractivity contribution in [3.63, 3.8) is 0 Å². The van der Waals surface area contributed by atoms with E-state index in [1.807, 2.05) is 36.4 Å². The molecule has 3 rings (SSSR count). The second-order valence-corrected chi connectivity index (χ2v) is 6.31. The highest BCUT2D eigenvalue weighted by molar-refractivity contribution is 6.31. The predicted molar refractivity (Wildman–Crippen MR) is 104 cm³/mol. The Morgan fingerprint density at radius 1 is 0.962 bits per heavy atom. The summed E-state index contributed by atoms with van der Waals surface area (Å²) in [7, 11) is 1.52. The van der Waals surface area contributed by atoms with Crippen molar-refractivity contribution in [1.82, 2.24) is 0 Å². The van der Waals surface area contributed by atoms with Crippen LogP contribution in [-0.4, -0.2) is 18.8 Å². The van der Waals surface area contributed by atoms with Crippen LogP contribution in [0.2, 0.25) is 5.02 Å². The number of hydrogen-bond acceptors (Lipinski definition) is 3. The van der Waals surface area contributed by atoms with Gasteiger partial charge in [-0.05, 0) is 35.0 Å². The van der Waals surface area contributed by atoms with Crippen molar-refractivity contribution in [2.24, 2.45) is 0 Å². The van der Waals surface area contributed by atoms with E-state index in [1.165, 1.54) is 7.11 Å². The molecule has 0 aromatic heterocycles. The Morgan fingerprint density at radius 2 is 1.73 bits per heavy atom. The van der Waals surface area contributed by atoms with Gasteiger partial charge in [0.2, 0.25) is 5.91 Å². The standard InChI is InChI=1S/C21H18ClNO3/c1-26-20-10-8-17(22)13-18(20)23-21(25)11-9-19(24)16-7-6-14-4-2-3-5-15(14)12-16/h2-8,10,12-13H,9,11H2,1H3,(H,23,25). The summed E-state index contributed by atoms with van der Waals surface area (Å²) in [6, 6.07) is 18.4. The summed E-state index contributed by atoms with van der Waals surface area (Å²) >= 11 is 5.95. The van der Waals surface area contributed by atoms with Crippen LogP contribution in [0, 0.1) is 0 Å². The van der Waals surface area contributed by atoms with Crippen LogP contribution in [0.4, 0.5) is 5.69 Å². The lowest BCUT2D eigenvalue weighted by atomic mass is 10.0. The molecule has 0 unspecified atom stereocenters. The van der Waals surface area contributed by atoms with Crippen LogP contribution in [0.1, 0.15) is 23.2 Å². The van der Waals surface area contributed by atoms with E-state index in [-0.39, 0.29) is 24.5 Å². The van der Waals surface area contributed by atoms with Crippen LogP contribution in [0.3, 0.4) is 0 Å². The lowest BCUT2D eigenvalue weighted by Crippen LogP contribution is -2.14. The van der Waals surface area contributed by atoms with Gasteiger partial charge in [-0.1, -0.05) is 48.0 Å². The Bertz CT molecular complexity index is 968. The lowest BCUT2D eigenvalue weighted by molar-refractivity contribution is -0.116. The Labute approximate surface area is 156 Å². The first-order valence-corrected chi connectivity index (χ1v) is 8.60. The fourth-order valence-electron chi connectivity index (χ4n) is 2.72. The van der Waals surface area contributed by atoms with Crippen LogP contribution in [-0.2, 0) is 4.79 Å². The molecule has 0 bridgehead atoms. The Hall–Kier alpha value is -2.85. The van der Waals surface area contributed by atoms with Gasteiger partial charge in [0.15, 0.2) is 5.78 Å². The zero-order valence-electron chi connectivity index (χ0n) is 14.3. The maximum absolute atomic E-state index is 12.4. The summed E-state index contributed by atoms with van der Waals surface area (Å²) in [4.78, 5) is 24.6. The highest BCUT2D eigenvalue weighted by atomic mass is 35.5. The first-order valence-electron chi connectivity index (χ1n) is 8.22. The number of fused-ring (bicyclic) bond motifs is 1. The molecule has 132 valence electrons. The van der Waals surface area contributed by atoms with E-state index in [4.69, 9.17) is 16.3 Å². The van der Waals surface area contributed by atoms with Crippen LogP contribution >= 0.6 is 11.6 Å². The number of Topliss-reactive ketones (excluding diaryl/α,β-unsaturated/α-hetero) is 1. The first kappa shape index (κ1) is 18.0. The topological polar surface area (TPSA) is 55.4 Å². The molecule has 0 atom stereocenters. The van der Waals surface area contributed by atoms with Gasteiger partial charge in [0, 0.05) is 23.4 Å². The maximum Gasteiger partial charge on any atom is 0.224 e.